The van der Waals surface area contributed by atoms with Crippen molar-refractivity contribution < 1.29 is 9.53 Å². The summed E-state index contributed by atoms with van der Waals surface area (Å²) >= 11 is 0. The monoisotopic (exact) mass is 374 g/mol. The molecule has 2 aromatic heterocycles. The summed E-state index contributed by atoms with van der Waals surface area (Å²) in [5, 5.41) is 1.00. The zero-order valence-electron chi connectivity index (χ0n) is 16.0. The van der Waals surface area contributed by atoms with Crippen LogP contribution in [0.15, 0.2) is 61.1 Å². The molecule has 0 atom stereocenters. The fourth-order valence-electron chi connectivity index (χ4n) is 3.45. The van der Waals surface area contributed by atoms with Crippen LogP contribution in [0.4, 0.5) is 0 Å². The average Bonchev–Trinajstić information content (AvgIpc) is 3.15. The van der Waals surface area contributed by atoms with Crippen LogP contribution in [0.2, 0.25) is 0 Å². The normalized spacial score (nSPS) is 11.1. The second-order valence-corrected chi connectivity index (χ2v) is 6.75. The molecule has 2 heterocycles. The van der Waals surface area contributed by atoms with Crippen molar-refractivity contribution in [2.24, 2.45) is 0 Å². The Morgan fingerprint density at radius 3 is 2.82 bits per heavy atom. The molecule has 0 saturated heterocycles. The lowest BCUT2D eigenvalue weighted by atomic mass is 10.1. The van der Waals surface area contributed by atoms with E-state index in [0.717, 1.165) is 33.2 Å². The molecule has 0 spiro atoms. The minimum Gasteiger partial charge on any atom is -0.494 e. The Labute approximate surface area is 163 Å². The molecular formula is C22H22N4O2. The van der Waals surface area contributed by atoms with Gasteiger partial charge in [-0.1, -0.05) is 24.3 Å². The number of nitrogens with zero attached hydrogens (tertiary/aromatic N) is 4. The molecular weight excluding hydrogens is 352 g/mol. The van der Waals surface area contributed by atoms with Gasteiger partial charge in [0.2, 0.25) is 5.91 Å². The number of ether oxygens (including phenoxy) is 1. The maximum absolute atomic E-state index is 12.7. The van der Waals surface area contributed by atoms with Crippen molar-refractivity contribution in [3.63, 3.8) is 0 Å². The topological polar surface area (TPSA) is 60.2 Å². The summed E-state index contributed by atoms with van der Waals surface area (Å²) in [7, 11) is 3.47. The smallest absolute Gasteiger partial charge is 0.224 e. The highest BCUT2D eigenvalue weighted by molar-refractivity contribution is 5.88. The van der Waals surface area contributed by atoms with Crippen LogP contribution in [0, 0.1) is 0 Å². The molecule has 4 rings (SSSR count). The SMILES string of the molecule is COc1ccc(CN(C)C(=O)CCn2cnc3ccccc32)c2cccnc12. The second-order valence-electron chi connectivity index (χ2n) is 6.75. The van der Waals surface area contributed by atoms with Gasteiger partial charge in [0.25, 0.3) is 0 Å². The molecule has 142 valence electrons. The van der Waals surface area contributed by atoms with Crippen molar-refractivity contribution in [3.05, 3.63) is 66.6 Å². The Bertz CT molecular complexity index is 1140. The third-order valence-corrected chi connectivity index (χ3v) is 4.97. The number of imidazole rings is 1. The summed E-state index contributed by atoms with van der Waals surface area (Å²) in [5.41, 5.74) is 3.85. The molecule has 0 saturated carbocycles. The maximum atomic E-state index is 12.7. The first-order chi connectivity index (χ1) is 13.7. The van der Waals surface area contributed by atoms with E-state index in [4.69, 9.17) is 4.74 Å². The summed E-state index contributed by atoms with van der Waals surface area (Å²) in [6, 6.07) is 15.8. The van der Waals surface area contributed by atoms with Gasteiger partial charge in [-0.3, -0.25) is 9.78 Å². The fourth-order valence-corrected chi connectivity index (χ4v) is 3.45. The van der Waals surface area contributed by atoms with Crippen LogP contribution in [0.1, 0.15) is 12.0 Å². The van der Waals surface area contributed by atoms with Gasteiger partial charge in [0.1, 0.15) is 11.3 Å². The lowest BCUT2D eigenvalue weighted by Crippen LogP contribution is -2.27. The fraction of sp³-hybridized carbons (Fsp3) is 0.227. The summed E-state index contributed by atoms with van der Waals surface area (Å²) in [6.45, 7) is 1.13. The Morgan fingerprint density at radius 1 is 1.11 bits per heavy atom. The number of benzene rings is 2. The molecule has 0 N–H and O–H groups in total. The van der Waals surface area contributed by atoms with Gasteiger partial charge in [-0.2, -0.15) is 0 Å². The van der Waals surface area contributed by atoms with E-state index in [1.165, 1.54) is 0 Å². The number of amides is 1. The largest absolute Gasteiger partial charge is 0.494 e. The van der Waals surface area contributed by atoms with E-state index >= 15 is 0 Å². The Balaban J connectivity index is 1.47. The number of hydrogen-bond acceptors (Lipinski definition) is 4. The molecule has 4 aromatic rings. The first-order valence-corrected chi connectivity index (χ1v) is 9.22. The van der Waals surface area contributed by atoms with Crippen molar-refractivity contribution in [2.45, 2.75) is 19.5 Å². The highest BCUT2D eigenvalue weighted by atomic mass is 16.5. The number of pyridine rings is 1. The van der Waals surface area contributed by atoms with Crippen LogP contribution in [-0.2, 0) is 17.9 Å². The summed E-state index contributed by atoms with van der Waals surface area (Å²) < 4.78 is 7.42. The molecule has 0 aliphatic rings. The number of fused-ring (bicyclic) bond motifs is 2. The molecule has 0 radical (unpaired) electrons. The summed E-state index contributed by atoms with van der Waals surface area (Å²) in [6.07, 6.45) is 3.96. The van der Waals surface area contributed by atoms with Gasteiger partial charge in [-0.15, -0.1) is 0 Å². The molecule has 0 fully saturated rings. The number of aryl methyl sites for hydroxylation is 1. The van der Waals surface area contributed by atoms with E-state index in [9.17, 15) is 4.79 Å². The van der Waals surface area contributed by atoms with Gasteiger partial charge in [-0.05, 0) is 29.8 Å². The number of para-hydroxylation sites is 2. The Morgan fingerprint density at radius 2 is 1.96 bits per heavy atom. The van der Waals surface area contributed by atoms with E-state index in [-0.39, 0.29) is 5.91 Å². The predicted molar refractivity (Wildman–Crippen MR) is 109 cm³/mol. The van der Waals surface area contributed by atoms with Crippen molar-refractivity contribution in [2.75, 3.05) is 14.2 Å². The van der Waals surface area contributed by atoms with Gasteiger partial charge in [0.15, 0.2) is 0 Å². The standard InChI is InChI=1S/C22H22N4O2/c1-25(14-16-9-10-20(28-2)22-17(16)6-5-12-23-22)21(27)11-13-26-15-24-18-7-3-4-8-19(18)26/h3-10,12,15H,11,13-14H2,1-2H3. The van der Waals surface area contributed by atoms with E-state index in [1.807, 2.05) is 60.1 Å². The molecule has 0 bridgehead atoms. The van der Waals surface area contributed by atoms with Crippen LogP contribution in [0.5, 0.6) is 5.75 Å². The van der Waals surface area contributed by atoms with Crippen LogP contribution >= 0.6 is 0 Å². The zero-order chi connectivity index (χ0) is 19.5. The molecule has 6 nitrogen and oxygen atoms in total. The van der Waals surface area contributed by atoms with Crippen molar-refractivity contribution in [1.82, 2.24) is 19.4 Å². The lowest BCUT2D eigenvalue weighted by Gasteiger charge is -2.19. The Hall–Kier alpha value is -3.41. The van der Waals surface area contributed by atoms with E-state index in [1.54, 1.807) is 24.5 Å². The van der Waals surface area contributed by atoms with Crippen LogP contribution in [0.3, 0.4) is 0 Å². The molecule has 0 unspecified atom stereocenters. The number of methoxy groups -OCH3 is 1. The molecule has 28 heavy (non-hydrogen) atoms. The quantitative estimate of drug-likeness (QED) is 0.517. The molecule has 2 aromatic carbocycles. The number of aromatic nitrogens is 3. The van der Waals surface area contributed by atoms with Crippen molar-refractivity contribution in [1.29, 1.82) is 0 Å². The van der Waals surface area contributed by atoms with E-state index < -0.39 is 0 Å². The van der Waals surface area contributed by atoms with Gasteiger partial charge in [0.05, 0.1) is 24.5 Å². The lowest BCUT2D eigenvalue weighted by molar-refractivity contribution is -0.130. The number of carbonyl (C=O) groups excluding carboxylic acids is 1. The van der Waals surface area contributed by atoms with Gasteiger partial charge in [-0.25, -0.2) is 4.98 Å². The third-order valence-electron chi connectivity index (χ3n) is 4.97. The highest BCUT2D eigenvalue weighted by Crippen LogP contribution is 2.27. The summed E-state index contributed by atoms with van der Waals surface area (Å²) in [5.74, 6) is 0.825. The van der Waals surface area contributed by atoms with Gasteiger partial charge < -0.3 is 14.2 Å². The predicted octanol–water partition coefficient (Wildman–Crippen LogP) is 3.64. The zero-order valence-corrected chi connectivity index (χ0v) is 16.0. The number of rotatable bonds is 6. The van der Waals surface area contributed by atoms with E-state index in [2.05, 4.69) is 9.97 Å². The Kier molecular flexibility index (Phi) is 4.93. The highest BCUT2D eigenvalue weighted by Gasteiger charge is 2.14. The van der Waals surface area contributed by atoms with Crippen LogP contribution < -0.4 is 4.74 Å². The maximum Gasteiger partial charge on any atom is 0.224 e. The molecule has 6 heteroatoms. The van der Waals surface area contributed by atoms with Crippen LogP contribution in [0.25, 0.3) is 21.9 Å². The number of carbonyl (C=O) groups is 1. The van der Waals surface area contributed by atoms with Gasteiger partial charge >= 0.3 is 0 Å². The molecule has 1 amide bonds. The van der Waals surface area contributed by atoms with Gasteiger partial charge in [0, 0.05) is 38.1 Å². The molecule has 0 aliphatic heterocycles. The first kappa shape index (κ1) is 18.0. The van der Waals surface area contributed by atoms with E-state index in [0.29, 0.717) is 19.5 Å². The first-order valence-electron chi connectivity index (χ1n) is 9.22. The minimum absolute atomic E-state index is 0.0886. The second kappa shape index (κ2) is 7.68. The minimum atomic E-state index is 0.0886. The number of hydrogen-bond donors (Lipinski definition) is 0. The third kappa shape index (κ3) is 3.41. The van der Waals surface area contributed by atoms with Crippen LogP contribution in [-0.4, -0.2) is 39.5 Å². The average molecular weight is 374 g/mol. The van der Waals surface area contributed by atoms with Crippen molar-refractivity contribution in [3.8, 4) is 5.75 Å². The molecule has 0 aliphatic carbocycles. The summed E-state index contributed by atoms with van der Waals surface area (Å²) in [4.78, 5) is 23.3. The van der Waals surface area contributed by atoms with Crippen molar-refractivity contribution >= 4 is 27.8 Å².